The lowest BCUT2D eigenvalue weighted by Gasteiger charge is -2.38. The van der Waals surface area contributed by atoms with Crippen molar-refractivity contribution in [2.75, 3.05) is 20.2 Å². The molecule has 0 spiro atoms. The van der Waals surface area contributed by atoms with E-state index in [1.807, 2.05) is 18.2 Å². The largest absolute Gasteiger partial charge is 0.494 e. The molecular formula is C19H22FNO2. The van der Waals surface area contributed by atoms with Crippen LogP contribution >= 0.6 is 0 Å². The van der Waals surface area contributed by atoms with Gasteiger partial charge in [-0.2, -0.15) is 0 Å². The Bertz CT molecular complexity index is 652. The molecule has 23 heavy (non-hydrogen) atoms. The van der Waals surface area contributed by atoms with Crippen molar-refractivity contribution in [2.45, 2.75) is 25.0 Å². The third-order valence-electron chi connectivity index (χ3n) is 4.62. The first kappa shape index (κ1) is 16.0. The molecule has 0 radical (unpaired) electrons. The summed E-state index contributed by atoms with van der Waals surface area (Å²) < 4.78 is 18.6. The molecule has 2 aromatic rings. The highest BCUT2D eigenvalue weighted by molar-refractivity contribution is 5.34. The molecule has 0 aromatic heterocycles. The third-order valence-corrected chi connectivity index (χ3v) is 4.62. The Morgan fingerprint density at radius 1 is 1.13 bits per heavy atom. The number of aliphatic hydroxyl groups is 1. The molecule has 122 valence electrons. The van der Waals surface area contributed by atoms with Crippen LogP contribution in [0.3, 0.4) is 0 Å². The van der Waals surface area contributed by atoms with Gasteiger partial charge in [-0.1, -0.05) is 36.4 Å². The van der Waals surface area contributed by atoms with Crippen LogP contribution in [-0.2, 0) is 12.1 Å². The molecule has 2 aromatic carbocycles. The smallest absolute Gasteiger partial charge is 0.165 e. The van der Waals surface area contributed by atoms with E-state index in [-0.39, 0.29) is 5.75 Å². The van der Waals surface area contributed by atoms with Crippen LogP contribution in [0.25, 0.3) is 0 Å². The number of hydrogen-bond acceptors (Lipinski definition) is 3. The van der Waals surface area contributed by atoms with Crippen LogP contribution in [0.5, 0.6) is 5.75 Å². The number of rotatable bonds is 4. The van der Waals surface area contributed by atoms with Gasteiger partial charge in [-0.05, 0) is 36.1 Å². The molecule has 1 heterocycles. The van der Waals surface area contributed by atoms with Crippen molar-refractivity contribution in [3.8, 4) is 5.75 Å². The number of nitrogens with zero attached hydrogens (tertiary/aromatic N) is 1. The monoisotopic (exact) mass is 315 g/mol. The SMILES string of the molecule is COc1cc(C2(O)CCN(Cc3ccccc3)CC2)ccc1F. The molecule has 1 fully saturated rings. The number of hydrogen-bond donors (Lipinski definition) is 1. The highest BCUT2D eigenvalue weighted by Gasteiger charge is 2.34. The van der Waals surface area contributed by atoms with Crippen LogP contribution in [-0.4, -0.2) is 30.2 Å². The lowest BCUT2D eigenvalue weighted by Crippen LogP contribution is -2.42. The Kier molecular flexibility index (Phi) is 4.64. The highest BCUT2D eigenvalue weighted by Crippen LogP contribution is 2.35. The van der Waals surface area contributed by atoms with Crippen LogP contribution in [0.2, 0.25) is 0 Å². The normalized spacial score (nSPS) is 17.9. The zero-order valence-corrected chi connectivity index (χ0v) is 13.3. The second-order valence-corrected chi connectivity index (χ2v) is 6.14. The number of halogens is 1. The minimum atomic E-state index is -0.909. The molecule has 1 aliphatic rings. The lowest BCUT2D eigenvalue weighted by atomic mass is 9.84. The summed E-state index contributed by atoms with van der Waals surface area (Å²) in [5.41, 5.74) is 1.10. The summed E-state index contributed by atoms with van der Waals surface area (Å²) in [5, 5.41) is 10.9. The number of likely N-dealkylation sites (tertiary alicyclic amines) is 1. The third kappa shape index (κ3) is 3.54. The molecule has 0 saturated carbocycles. The minimum Gasteiger partial charge on any atom is -0.494 e. The van der Waals surface area contributed by atoms with Crippen LogP contribution in [0.1, 0.15) is 24.0 Å². The zero-order valence-electron chi connectivity index (χ0n) is 13.3. The average Bonchev–Trinajstić information content (AvgIpc) is 2.58. The van der Waals surface area contributed by atoms with E-state index in [0.29, 0.717) is 12.8 Å². The van der Waals surface area contributed by atoms with Gasteiger partial charge in [0.25, 0.3) is 0 Å². The predicted octanol–water partition coefficient (Wildman–Crippen LogP) is 3.32. The topological polar surface area (TPSA) is 32.7 Å². The summed E-state index contributed by atoms with van der Waals surface area (Å²) in [6.07, 6.45) is 1.27. The Morgan fingerprint density at radius 3 is 2.48 bits per heavy atom. The van der Waals surface area contributed by atoms with Gasteiger partial charge in [0.05, 0.1) is 12.7 Å². The molecule has 0 amide bonds. The first-order valence-corrected chi connectivity index (χ1v) is 7.93. The van der Waals surface area contributed by atoms with Gasteiger partial charge < -0.3 is 9.84 Å². The molecule has 0 bridgehead atoms. The van der Waals surface area contributed by atoms with Crippen molar-refractivity contribution >= 4 is 0 Å². The lowest BCUT2D eigenvalue weighted by molar-refractivity contribution is -0.0279. The van der Waals surface area contributed by atoms with Gasteiger partial charge in [0, 0.05) is 19.6 Å². The average molecular weight is 315 g/mol. The Labute approximate surface area is 136 Å². The Morgan fingerprint density at radius 2 is 1.83 bits per heavy atom. The van der Waals surface area contributed by atoms with Crippen molar-refractivity contribution < 1.29 is 14.2 Å². The number of benzene rings is 2. The fourth-order valence-corrected chi connectivity index (χ4v) is 3.16. The van der Waals surface area contributed by atoms with Gasteiger partial charge in [0.15, 0.2) is 11.6 Å². The van der Waals surface area contributed by atoms with E-state index in [2.05, 4.69) is 17.0 Å². The van der Waals surface area contributed by atoms with Crippen LogP contribution in [0, 0.1) is 5.82 Å². The minimum absolute atomic E-state index is 0.183. The maximum absolute atomic E-state index is 13.6. The molecular weight excluding hydrogens is 293 g/mol. The number of methoxy groups -OCH3 is 1. The zero-order chi connectivity index (χ0) is 16.3. The summed E-state index contributed by atoms with van der Waals surface area (Å²) >= 11 is 0. The second-order valence-electron chi connectivity index (χ2n) is 6.14. The van der Waals surface area contributed by atoms with Crippen molar-refractivity contribution in [2.24, 2.45) is 0 Å². The molecule has 1 saturated heterocycles. The first-order valence-electron chi connectivity index (χ1n) is 7.93. The summed E-state index contributed by atoms with van der Waals surface area (Å²) in [7, 11) is 1.44. The fraction of sp³-hybridized carbons (Fsp3) is 0.368. The second kappa shape index (κ2) is 6.69. The van der Waals surface area contributed by atoms with Gasteiger partial charge >= 0.3 is 0 Å². The maximum Gasteiger partial charge on any atom is 0.165 e. The van der Waals surface area contributed by atoms with E-state index in [1.165, 1.54) is 18.7 Å². The summed E-state index contributed by atoms with van der Waals surface area (Å²) in [4.78, 5) is 2.34. The van der Waals surface area contributed by atoms with Gasteiger partial charge in [-0.3, -0.25) is 4.90 Å². The van der Waals surface area contributed by atoms with Gasteiger partial charge in [0.1, 0.15) is 0 Å². The predicted molar refractivity (Wildman–Crippen MR) is 87.8 cm³/mol. The summed E-state index contributed by atoms with van der Waals surface area (Å²) in [6, 6.07) is 15.0. The van der Waals surface area contributed by atoms with E-state index in [1.54, 1.807) is 12.1 Å². The van der Waals surface area contributed by atoms with Crippen LogP contribution in [0.4, 0.5) is 4.39 Å². The maximum atomic E-state index is 13.6. The Balaban J connectivity index is 1.67. The molecule has 1 N–H and O–H groups in total. The van der Waals surface area contributed by atoms with E-state index in [9.17, 15) is 9.50 Å². The molecule has 4 heteroatoms. The molecule has 0 aliphatic carbocycles. The van der Waals surface area contributed by atoms with Crippen molar-refractivity contribution in [3.05, 3.63) is 65.5 Å². The van der Waals surface area contributed by atoms with E-state index < -0.39 is 11.4 Å². The van der Waals surface area contributed by atoms with E-state index >= 15 is 0 Å². The van der Waals surface area contributed by atoms with Gasteiger partial charge in [0.2, 0.25) is 0 Å². The van der Waals surface area contributed by atoms with Gasteiger partial charge in [-0.15, -0.1) is 0 Å². The Hall–Kier alpha value is -1.91. The van der Waals surface area contributed by atoms with Crippen molar-refractivity contribution in [1.82, 2.24) is 4.90 Å². The van der Waals surface area contributed by atoms with Crippen molar-refractivity contribution in [3.63, 3.8) is 0 Å². The van der Waals surface area contributed by atoms with Gasteiger partial charge in [-0.25, -0.2) is 4.39 Å². The highest BCUT2D eigenvalue weighted by atomic mass is 19.1. The number of ether oxygens (including phenoxy) is 1. The summed E-state index contributed by atoms with van der Waals surface area (Å²) in [6.45, 7) is 2.51. The van der Waals surface area contributed by atoms with Crippen molar-refractivity contribution in [1.29, 1.82) is 0 Å². The molecule has 1 aliphatic heterocycles. The summed E-state index contributed by atoms with van der Waals surface area (Å²) in [5.74, 6) is -0.219. The first-order chi connectivity index (χ1) is 11.1. The van der Waals surface area contributed by atoms with E-state index in [4.69, 9.17) is 4.74 Å². The molecule has 3 rings (SSSR count). The molecule has 0 atom stereocenters. The number of piperidine rings is 1. The fourth-order valence-electron chi connectivity index (χ4n) is 3.16. The van der Waals surface area contributed by atoms with Crippen LogP contribution in [0.15, 0.2) is 48.5 Å². The quantitative estimate of drug-likeness (QED) is 0.939. The molecule has 3 nitrogen and oxygen atoms in total. The van der Waals surface area contributed by atoms with Crippen LogP contribution < -0.4 is 4.74 Å². The van der Waals surface area contributed by atoms with E-state index in [0.717, 1.165) is 25.2 Å². The molecule has 0 unspecified atom stereocenters. The standard InChI is InChI=1S/C19H22FNO2/c1-23-18-13-16(7-8-17(18)20)19(22)9-11-21(12-10-19)14-15-5-3-2-4-6-15/h2-8,13,22H,9-12,14H2,1H3.